The van der Waals surface area contributed by atoms with Crippen LogP contribution in [0.15, 0.2) is 48.7 Å². The minimum absolute atomic E-state index is 0.118. The van der Waals surface area contributed by atoms with Crippen molar-refractivity contribution in [2.75, 3.05) is 5.32 Å². The normalized spacial score (nSPS) is 11.9. The number of hydrogen-bond acceptors (Lipinski definition) is 3. The lowest BCUT2D eigenvalue weighted by Gasteiger charge is -2.11. The van der Waals surface area contributed by atoms with Crippen LogP contribution in [0.2, 0.25) is 0 Å². The maximum Gasteiger partial charge on any atom is 0.221 e. The molecule has 4 heteroatoms. The average Bonchev–Trinajstić information content (AvgIpc) is 2.39. The summed E-state index contributed by atoms with van der Waals surface area (Å²) in [6.07, 6.45) is 0.891. The summed E-state index contributed by atoms with van der Waals surface area (Å²) in [7, 11) is 0. The highest BCUT2D eigenvalue weighted by Crippen LogP contribution is 2.21. The van der Waals surface area contributed by atoms with Gasteiger partial charge in [-0.3, -0.25) is 9.78 Å². The van der Waals surface area contributed by atoms with E-state index in [4.69, 9.17) is 0 Å². The van der Waals surface area contributed by atoms with Gasteiger partial charge in [-0.05, 0) is 29.8 Å². The van der Waals surface area contributed by atoms with Crippen LogP contribution >= 0.6 is 0 Å². The molecular weight excluding hydrogens is 228 g/mol. The third-order valence-corrected chi connectivity index (χ3v) is 2.51. The van der Waals surface area contributed by atoms with Gasteiger partial charge in [0.15, 0.2) is 0 Å². The molecule has 1 aromatic heterocycles. The molecule has 1 heterocycles. The number of aromatic nitrogens is 1. The predicted molar refractivity (Wildman–Crippen MR) is 69.0 cm³/mol. The molecular formula is C14H14N2O2. The van der Waals surface area contributed by atoms with Gasteiger partial charge in [-0.25, -0.2) is 0 Å². The largest absolute Gasteiger partial charge is 0.382 e. The zero-order valence-corrected chi connectivity index (χ0v) is 10.00. The Morgan fingerprint density at radius 1 is 1.22 bits per heavy atom. The van der Waals surface area contributed by atoms with Crippen molar-refractivity contribution >= 4 is 11.6 Å². The Hall–Kier alpha value is -2.20. The minimum atomic E-state index is -0.752. The molecule has 2 N–H and O–H groups in total. The van der Waals surface area contributed by atoms with Crippen LogP contribution in [0.3, 0.4) is 0 Å². The van der Waals surface area contributed by atoms with Gasteiger partial charge < -0.3 is 10.4 Å². The lowest BCUT2D eigenvalue weighted by molar-refractivity contribution is -0.114. The van der Waals surface area contributed by atoms with E-state index < -0.39 is 6.10 Å². The van der Waals surface area contributed by atoms with E-state index in [-0.39, 0.29) is 5.91 Å². The molecule has 1 unspecified atom stereocenters. The van der Waals surface area contributed by atoms with Crippen molar-refractivity contribution in [3.05, 3.63) is 59.9 Å². The summed E-state index contributed by atoms with van der Waals surface area (Å²) in [5.74, 6) is -0.118. The van der Waals surface area contributed by atoms with Crippen LogP contribution in [-0.2, 0) is 4.79 Å². The van der Waals surface area contributed by atoms with Gasteiger partial charge in [0.25, 0.3) is 0 Å². The molecule has 1 amide bonds. The number of hydrogen-bond donors (Lipinski definition) is 2. The fourth-order valence-electron chi connectivity index (χ4n) is 1.66. The highest BCUT2D eigenvalue weighted by atomic mass is 16.3. The molecule has 0 bridgehead atoms. The van der Waals surface area contributed by atoms with Gasteiger partial charge in [0, 0.05) is 18.8 Å². The third-order valence-electron chi connectivity index (χ3n) is 2.51. The van der Waals surface area contributed by atoms with Gasteiger partial charge in [0.05, 0.1) is 5.69 Å². The molecule has 18 heavy (non-hydrogen) atoms. The van der Waals surface area contributed by atoms with E-state index in [9.17, 15) is 9.90 Å². The van der Waals surface area contributed by atoms with Gasteiger partial charge in [-0.1, -0.05) is 18.2 Å². The maximum absolute atomic E-state index is 10.9. The molecule has 0 saturated heterocycles. The van der Waals surface area contributed by atoms with Gasteiger partial charge in [0.1, 0.15) is 6.10 Å². The van der Waals surface area contributed by atoms with Crippen LogP contribution in [-0.4, -0.2) is 16.0 Å². The molecule has 1 atom stereocenters. The molecule has 0 radical (unpaired) electrons. The Bertz CT molecular complexity index is 523. The summed E-state index contributed by atoms with van der Waals surface area (Å²) >= 11 is 0. The summed E-state index contributed by atoms with van der Waals surface area (Å²) in [6, 6.07) is 12.4. The molecule has 2 rings (SSSR count). The Morgan fingerprint density at radius 2 is 1.94 bits per heavy atom. The Balaban J connectivity index is 2.17. The zero-order valence-electron chi connectivity index (χ0n) is 10.00. The summed E-state index contributed by atoms with van der Waals surface area (Å²) in [6.45, 7) is 1.46. The topological polar surface area (TPSA) is 62.2 Å². The van der Waals surface area contributed by atoms with E-state index >= 15 is 0 Å². The molecule has 1 aromatic carbocycles. The van der Waals surface area contributed by atoms with Crippen LogP contribution in [0.1, 0.15) is 24.3 Å². The van der Waals surface area contributed by atoms with Crippen molar-refractivity contribution in [3.63, 3.8) is 0 Å². The second kappa shape index (κ2) is 5.42. The SMILES string of the molecule is CC(=O)Nc1ccc(C(O)c2ccccn2)cc1. The molecule has 4 nitrogen and oxygen atoms in total. The van der Waals surface area contributed by atoms with E-state index in [0.717, 1.165) is 5.56 Å². The number of anilines is 1. The molecule has 0 aliphatic heterocycles. The summed E-state index contributed by atoms with van der Waals surface area (Å²) in [5, 5.41) is 12.8. The number of carbonyl (C=O) groups excluding carboxylic acids is 1. The first-order valence-corrected chi connectivity index (χ1v) is 5.63. The molecule has 0 saturated carbocycles. The summed E-state index contributed by atoms with van der Waals surface area (Å²) < 4.78 is 0. The lowest BCUT2D eigenvalue weighted by atomic mass is 10.1. The average molecular weight is 242 g/mol. The zero-order chi connectivity index (χ0) is 13.0. The fraction of sp³-hybridized carbons (Fsp3) is 0.143. The monoisotopic (exact) mass is 242 g/mol. The second-order valence-electron chi connectivity index (χ2n) is 3.96. The number of benzene rings is 1. The smallest absolute Gasteiger partial charge is 0.221 e. The number of carbonyl (C=O) groups is 1. The van der Waals surface area contributed by atoms with Crippen molar-refractivity contribution in [2.45, 2.75) is 13.0 Å². The summed E-state index contributed by atoms with van der Waals surface area (Å²) in [4.78, 5) is 15.0. The predicted octanol–water partition coefficient (Wildman–Crippen LogP) is 2.12. The van der Waals surface area contributed by atoms with Crippen molar-refractivity contribution in [2.24, 2.45) is 0 Å². The van der Waals surface area contributed by atoms with Crippen molar-refractivity contribution in [1.29, 1.82) is 0 Å². The van der Waals surface area contributed by atoms with Crippen LogP contribution in [0.5, 0.6) is 0 Å². The van der Waals surface area contributed by atoms with Crippen LogP contribution < -0.4 is 5.32 Å². The number of pyridine rings is 1. The van der Waals surface area contributed by atoms with Crippen molar-refractivity contribution in [1.82, 2.24) is 4.98 Å². The van der Waals surface area contributed by atoms with E-state index in [1.807, 2.05) is 6.07 Å². The second-order valence-corrected chi connectivity index (χ2v) is 3.96. The highest BCUT2D eigenvalue weighted by molar-refractivity contribution is 5.88. The van der Waals surface area contributed by atoms with Gasteiger partial charge in [-0.15, -0.1) is 0 Å². The molecule has 0 fully saturated rings. The lowest BCUT2D eigenvalue weighted by Crippen LogP contribution is -2.06. The molecule has 0 aliphatic rings. The number of nitrogens with one attached hydrogen (secondary N) is 1. The van der Waals surface area contributed by atoms with Gasteiger partial charge >= 0.3 is 0 Å². The Labute approximate surface area is 105 Å². The Morgan fingerprint density at radius 3 is 2.50 bits per heavy atom. The summed E-state index contributed by atoms with van der Waals surface area (Å²) in [5.41, 5.74) is 2.05. The van der Waals surface area contributed by atoms with Gasteiger partial charge in [0.2, 0.25) is 5.91 Å². The molecule has 92 valence electrons. The molecule has 0 spiro atoms. The number of rotatable bonds is 3. The minimum Gasteiger partial charge on any atom is -0.382 e. The number of aliphatic hydroxyl groups is 1. The number of amides is 1. The van der Waals surface area contributed by atoms with Gasteiger partial charge in [-0.2, -0.15) is 0 Å². The highest BCUT2D eigenvalue weighted by Gasteiger charge is 2.10. The van der Waals surface area contributed by atoms with Crippen molar-refractivity contribution in [3.8, 4) is 0 Å². The van der Waals surface area contributed by atoms with E-state index in [2.05, 4.69) is 10.3 Å². The fourth-order valence-corrected chi connectivity index (χ4v) is 1.66. The van der Waals surface area contributed by atoms with E-state index in [1.165, 1.54) is 6.92 Å². The van der Waals surface area contributed by atoms with E-state index in [0.29, 0.717) is 11.4 Å². The molecule has 2 aromatic rings. The number of aliphatic hydroxyl groups excluding tert-OH is 1. The van der Waals surface area contributed by atoms with E-state index in [1.54, 1.807) is 42.6 Å². The maximum atomic E-state index is 10.9. The van der Waals surface area contributed by atoms with Crippen LogP contribution in [0.4, 0.5) is 5.69 Å². The third kappa shape index (κ3) is 2.93. The first-order chi connectivity index (χ1) is 8.66. The number of nitrogens with zero attached hydrogens (tertiary/aromatic N) is 1. The first kappa shape index (κ1) is 12.3. The van der Waals surface area contributed by atoms with Crippen molar-refractivity contribution < 1.29 is 9.90 Å². The first-order valence-electron chi connectivity index (χ1n) is 5.63. The van der Waals surface area contributed by atoms with Crippen LogP contribution in [0, 0.1) is 0 Å². The van der Waals surface area contributed by atoms with Crippen LogP contribution in [0.25, 0.3) is 0 Å². The Kier molecular flexibility index (Phi) is 3.69. The molecule has 0 aliphatic carbocycles. The quantitative estimate of drug-likeness (QED) is 0.866. The standard InChI is InChI=1S/C14H14N2O2/c1-10(17)16-12-7-5-11(6-8-12)14(18)13-4-2-3-9-15-13/h2-9,14,18H,1H3,(H,16,17).